The van der Waals surface area contributed by atoms with E-state index in [9.17, 15) is 4.79 Å². The smallest absolute Gasteiger partial charge is 0.307 e. The Kier molecular flexibility index (Phi) is 2.63. The summed E-state index contributed by atoms with van der Waals surface area (Å²) in [5.41, 5.74) is 3.06. The number of carbonyl (C=O) groups is 1. The Morgan fingerprint density at radius 2 is 2.00 bits per heavy atom. The molecule has 4 nitrogen and oxygen atoms in total. The number of benzene rings is 1. The number of nitrogens with zero attached hydrogens (tertiary/aromatic N) is 2. The summed E-state index contributed by atoms with van der Waals surface area (Å²) in [5.74, 6) is -0.160. The van der Waals surface area contributed by atoms with E-state index in [1.165, 1.54) is 18.5 Å². The van der Waals surface area contributed by atoms with Crippen LogP contribution in [-0.4, -0.2) is 20.9 Å². The molecule has 0 atom stereocenters. The van der Waals surface area contributed by atoms with Gasteiger partial charge in [-0.1, -0.05) is 12.1 Å². The van der Waals surface area contributed by atoms with E-state index in [-0.39, 0.29) is 6.42 Å². The summed E-state index contributed by atoms with van der Waals surface area (Å²) in [6, 6.07) is 9.61. The van der Waals surface area contributed by atoms with Crippen molar-refractivity contribution in [2.75, 3.05) is 0 Å². The molecule has 1 aliphatic carbocycles. The topological polar surface area (TPSA) is 55.1 Å². The van der Waals surface area contributed by atoms with Crippen LogP contribution in [0.4, 0.5) is 0 Å². The monoisotopic (exact) mass is 242 g/mol. The van der Waals surface area contributed by atoms with Gasteiger partial charge >= 0.3 is 5.97 Å². The second-order valence-electron chi connectivity index (χ2n) is 4.68. The number of aliphatic carboxylic acids is 1. The van der Waals surface area contributed by atoms with E-state index >= 15 is 0 Å². The molecule has 1 aliphatic rings. The van der Waals surface area contributed by atoms with Gasteiger partial charge < -0.3 is 5.11 Å². The first-order chi connectivity index (χ1) is 8.74. The molecule has 4 heteroatoms. The fourth-order valence-corrected chi connectivity index (χ4v) is 2.15. The Hall–Kier alpha value is -2.10. The molecule has 1 N–H and O–H groups in total. The first-order valence-electron chi connectivity index (χ1n) is 6.09. The average Bonchev–Trinajstić information content (AvgIpc) is 3.08. The van der Waals surface area contributed by atoms with Crippen molar-refractivity contribution in [1.29, 1.82) is 0 Å². The first kappa shape index (κ1) is 11.0. The summed E-state index contributed by atoms with van der Waals surface area (Å²) < 4.78 is 1.95. The number of hydrogen-bond acceptors (Lipinski definition) is 2. The van der Waals surface area contributed by atoms with Crippen LogP contribution in [0.5, 0.6) is 0 Å². The molecule has 1 heterocycles. The molecule has 1 fully saturated rings. The highest BCUT2D eigenvalue weighted by Gasteiger charge is 2.27. The SMILES string of the molecule is O=C(O)Cc1ccc(-n2nccc2C2CC2)cc1. The van der Waals surface area contributed by atoms with Crippen LogP contribution in [0.25, 0.3) is 5.69 Å². The number of rotatable bonds is 4. The standard InChI is InChI=1S/C14H14N2O2/c17-14(18)9-10-1-5-12(6-2-10)16-13(7-8-15-16)11-3-4-11/h1-2,5-8,11H,3-4,9H2,(H,17,18). The Bertz CT molecular complexity index is 568. The Morgan fingerprint density at radius 3 is 2.61 bits per heavy atom. The lowest BCUT2D eigenvalue weighted by Gasteiger charge is -2.07. The molecular weight excluding hydrogens is 228 g/mol. The van der Waals surface area contributed by atoms with E-state index in [2.05, 4.69) is 11.2 Å². The van der Waals surface area contributed by atoms with E-state index < -0.39 is 5.97 Å². The van der Waals surface area contributed by atoms with Crippen LogP contribution in [-0.2, 0) is 11.2 Å². The second kappa shape index (κ2) is 4.29. The second-order valence-corrected chi connectivity index (χ2v) is 4.68. The minimum atomic E-state index is -0.805. The maximum Gasteiger partial charge on any atom is 0.307 e. The largest absolute Gasteiger partial charge is 0.481 e. The minimum absolute atomic E-state index is 0.0644. The van der Waals surface area contributed by atoms with Gasteiger partial charge in [0.25, 0.3) is 0 Å². The highest BCUT2D eigenvalue weighted by molar-refractivity contribution is 5.70. The maximum atomic E-state index is 10.6. The third-order valence-electron chi connectivity index (χ3n) is 3.20. The molecule has 0 spiro atoms. The predicted molar refractivity (Wildman–Crippen MR) is 66.9 cm³/mol. The minimum Gasteiger partial charge on any atom is -0.481 e. The summed E-state index contributed by atoms with van der Waals surface area (Å²) in [4.78, 5) is 10.6. The predicted octanol–water partition coefficient (Wildman–Crippen LogP) is 2.38. The molecule has 0 radical (unpaired) electrons. The molecule has 1 aromatic heterocycles. The van der Waals surface area contributed by atoms with Crippen molar-refractivity contribution < 1.29 is 9.90 Å². The molecule has 1 aromatic carbocycles. The van der Waals surface area contributed by atoms with Crippen molar-refractivity contribution in [3.63, 3.8) is 0 Å². The van der Waals surface area contributed by atoms with Gasteiger partial charge in [-0.3, -0.25) is 4.79 Å². The van der Waals surface area contributed by atoms with Crippen molar-refractivity contribution in [2.45, 2.75) is 25.2 Å². The molecule has 2 aromatic rings. The molecule has 1 saturated carbocycles. The van der Waals surface area contributed by atoms with Crippen molar-refractivity contribution in [3.8, 4) is 5.69 Å². The van der Waals surface area contributed by atoms with Crippen LogP contribution in [0.1, 0.15) is 30.0 Å². The Balaban J connectivity index is 1.87. The van der Waals surface area contributed by atoms with Gasteiger partial charge in [0.15, 0.2) is 0 Å². The van der Waals surface area contributed by atoms with Gasteiger partial charge in [-0.05, 0) is 36.6 Å². The molecule has 92 valence electrons. The lowest BCUT2D eigenvalue weighted by molar-refractivity contribution is -0.136. The molecule has 18 heavy (non-hydrogen) atoms. The van der Waals surface area contributed by atoms with Crippen LogP contribution in [0.2, 0.25) is 0 Å². The van der Waals surface area contributed by atoms with Gasteiger partial charge in [-0.2, -0.15) is 5.10 Å². The van der Waals surface area contributed by atoms with Crippen molar-refractivity contribution in [2.24, 2.45) is 0 Å². The summed E-state index contributed by atoms with van der Waals surface area (Å²) in [6.07, 6.45) is 4.36. The van der Waals surface area contributed by atoms with Gasteiger partial charge in [0.1, 0.15) is 0 Å². The zero-order valence-corrected chi connectivity index (χ0v) is 9.91. The van der Waals surface area contributed by atoms with Gasteiger partial charge in [0.05, 0.1) is 12.1 Å². The van der Waals surface area contributed by atoms with Crippen LogP contribution in [0, 0.1) is 0 Å². The van der Waals surface area contributed by atoms with Gasteiger partial charge in [0, 0.05) is 17.8 Å². The van der Waals surface area contributed by atoms with Gasteiger partial charge in [-0.25, -0.2) is 4.68 Å². The molecular formula is C14H14N2O2. The maximum absolute atomic E-state index is 10.6. The third-order valence-corrected chi connectivity index (χ3v) is 3.20. The quantitative estimate of drug-likeness (QED) is 0.895. The average molecular weight is 242 g/mol. The van der Waals surface area contributed by atoms with Crippen LogP contribution in [0.15, 0.2) is 36.5 Å². The van der Waals surface area contributed by atoms with Crippen LogP contribution < -0.4 is 0 Å². The number of carboxylic acids is 1. The van der Waals surface area contributed by atoms with E-state index in [4.69, 9.17) is 5.11 Å². The van der Waals surface area contributed by atoms with E-state index in [0.29, 0.717) is 5.92 Å². The lowest BCUT2D eigenvalue weighted by Crippen LogP contribution is -2.03. The summed E-state index contributed by atoms with van der Waals surface area (Å²) in [7, 11) is 0. The summed E-state index contributed by atoms with van der Waals surface area (Å²) in [6.45, 7) is 0. The number of aromatic nitrogens is 2. The molecule has 0 saturated heterocycles. The van der Waals surface area contributed by atoms with Gasteiger partial charge in [-0.15, -0.1) is 0 Å². The van der Waals surface area contributed by atoms with Crippen molar-refractivity contribution in [3.05, 3.63) is 47.8 Å². The number of hydrogen-bond donors (Lipinski definition) is 1. The normalized spacial score (nSPS) is 14.7. The van der Waals surface area contributed by atoms with Gasteiger partial charge in [0.2, 0.25) is 0 Å². The first-order valence-corrected chi connectivity index (χ1v) is 6.09. The highest BCUT2D eigenvalue weighted by atomic mass is 16.4. The van der Waals surface area contributed by atoms with Crippen LogP contribution >= 0.6 is 0 Å². The Morgan fingerprint density at radius 1 is 1.28 bits per heavy atom. The van der Waals surface area contributed by atoms with E-state index in [1.54, 1.807) is 0 Å². The molecule has 0 unspecified atom stereocenters. The molecule has 3 rings (SSSR count). The zero-order valence-electron chi connectivity index (χ0n) is 9.91. The zero-order chi connectivity index (χ0) is 12.5. The van der Waals surface area contributed by atoms with Crippen molar-refractivity contribution >= 4 is 5.97 Å². The van der Waals surface area contributed by atoms with E-state index in [1.807, 2.05) is 35.1 Å². The van der Waals surface area contributed by atoms with E-state index in [0.717, 1.165) is 11.3 Å². The van der Waals surface area contributed by atoms with Crippen LogP contribution in [0.3, 0.4) is 0 Å². The lowest BCUT2D eigenvalue weighted by atomic mass is 10.1. The molecule has 0 aliphatic heterocycles. The highest BCUT2D eigenvalue weighted by Crippen LogP contribution is 2.40. The summed E-state index contributed by atoms with van der Waals surface area (Å²) in [5, 5.41) is 13.1. The molecule has 0 amide bonds. The molecule has 0 bridgehead atoms. The van der Waals surface area contributed by atoms with Crippen molar-refractivity contribution in [1.82, 2.24) is 9.78 Å². The fourth-order valence-electron chi connectivity index (χ4n) is 2.15. The fraction of sp³-hybridized carbons (Fsp3) is 0.286. The summed E-state index contributed by atoms with van der Waals surface area (Å²) >= 11 is 0. The third kappa shape index (κ3) is 2.14. The number of carboxylic acid groups (broad SMARTS) is 1. The Labute approximate surface area is 105 Å².